The van der Waals surface area contributed by atoms with Crippen molar-refractivity contribution in [3.05, 3.63) is 186 Å². The molecule has 9 rings (SSSR count). The smallest absolute Gasteiger partial charge is 0.161 e. The molecule has 0 aliphatic carbocycles. The summed E-state index contributed by atoms with van der Waals surface area (Å²) in [6.07, 6.45) is 0.171. The molecule has 254 valence electrons. The number of hydrogen-bond donors (Lipinski definition) is 1. The number of aromatic nitrogens is 2. The van der Waals surface area contributed by atoms with Gasteiger partial charge in [-0.2, -0.15) is 0 Å². The maximum absolute atomic E-state index is 5.26. The van der Waals surface area contributed by atoms with Gasteiger partial charge in [0.25, 0.3) is 0 Å². The van der Waals surface area contributed by atoms with Crippen LogP contribution in [0.5, 0.6) is 0 Å². The van der Waals surface area contributed by atoms with E-state index in [0.717, 1.165) is 59.6 Å². The van der Waals surface area contributed by atoms with Gasteiger partial charge in [0.1, 0.15) is 6.17 Å². The number of benzene rings is 7. The van der Waals surface area contributed by atoms with Crippen LogP contribution >= 0.6 is 22.6 Å². The van der Waals surface area contributed by atoms with Crippen molar-refractivity contribution in [3.8, 4) is 67.3 Å². The van der Waals surface area contributed by atoms with E-state index in [1.165, 1.54) is 22.5 Å². The van der Waals surface area contributed by atoms with E-state index in [-0.39, 0.29) is 6.17 Å². The molecule has 7 aromatic carbocycles. The molecule has 1 aromatic heterocycles. The van der Waals surface area contributed by atoms with Gasteiger partial charge in [-0.05, 0) is 87.2 Å². The molecule has 1 N–H and O–H groups in total. The number of nitrogens with one attached hydrogen (secondary N) is 1. The fourth-order valence-electron chi connectivity index (χ4n) is 7.37. The predicted octanol–water partition coefficient (Wildman–Crippen LogP) is 13.0. The fourth-order valence-corrected chi connectivity index (χ4v) is 8.23. The number of nitrogens with zero attached hydrogens (tertiary/aromatic N) is 3. The largest absolute Gasteiger partial charge is 0.363 e. The molecule has 1 aliphatic rings. The second-order valence-corrected chi connectivity index (χ2v) is 14.3. The third-order valence-electron chi connectivity index (χ3n) is 9.90. The lowest BCUT2D eigenvalue weighted by molar-refractivity contribution is 0.843. The van der Waals surface area contributed by atoms with Gasteiger partial charge in [-0.15, -0.1) is 0 Å². The molecule has 0 fully saturated rings. The number of para-hydroxylation sites is 2. The minimum atomic E-state index is 0.171. The molecule has 5 heteroatoms. The van der Waals surface area contributed by atoms with Crippen LogP contribution in [-0.2, 0) is 0 Å². The van der Waals surface area contributed by atoms with E-state index in [1.807, 2.05) is 12.1 Å². The SMILES string of the molecule is CC1Nc2ccccc2N1c1cccc(-c2ccc(-c3ccccc3-c3ccccc3-c3nc(-c4ccccc4)c(I)c(-c4ccccc4)n3)cc2)c1. The first kappa shape index (κ1) is 32.8. The van der Waals surface area contributed by atoms with Gasteiger partial charge in [0, 0.05) is 22.4 Å². The zero-order valence-electron chi connectivity index (χ0n) is 29.1. The topological polar surface area (TPSA) is 41.0 Å². The fraction of sp³-hybridized carbons (Fsp3) is 0.0417. The van der Waals surface area contributed by atoms with Crippen molar-refractivity contribution in [2.75, 3.05) is 10.2 Å². The number of anilines is 3. The summed E-state index contributed by atoms with van der Waals surface area (Å²) < 4.78 is 1.03. The number of rotatable bonds is 7. The minimum absolute atomic E-state index is 0.171. The average Bonchev–Trinajstić information content (AvgIpc) is 3.57. The van der Waals surface area contributed by atoms with E-state index in [9.17, 15) is 0 Å². The van der Waals surface area contributed by atoms with Crippen molar-refractivity contribution in [3.63, 3.8) is 0 Å². The van der Waals surface area contributed by atoms with Crippen molar-refractivity contribution in [1.29, 1.82) is 0 Å². The Kier molecular flexibility index (Phi) is 8.78. The second-order valence-electron chi connectivity index (χ2n) is 13.2. The predicted molar refractivity (Wildman–Crippen MR) is 229 cm³/mol. The maximum atomic E-state index is 5.26. The standard InChI is InChI=1S/C48H35IN4/c1-32-50-43-25-12-13-26-44(43)53(32)38-20-14-19-37(31-38)33-27-29-34(30-28-33)39-21-8-9-22-40(39)41-23-10-11-24-42(41)48-51-46(35-15-4-2-5-16-35)45(49)47(52-48)36-17-6-3-7-18-36/h2-32,50H,1H3. The van der Waals surface area contributed by atoms with Crippen molar-refractivity contribution in [2.24, 2.45) is 0 Å². The number of fused-ring (bicyclic) bond motifs is 1. The van der Waals surface area contributed by atoms with Gasteiger partial charge < -0.3 is 10.2 Å². The first-order valence-corrected chi connectivity index (χ1v) is 18.9. The van der Waals surface area contributed by atoms with Crippen LogP contribution < -0.4 is 10.2 Å². The summed E-state index contributed by atoms with van der Waals surface area (Å²) in [7, 11) is 0. The van der Waals surface area contributed by atoms with Gasteiger partial charge >= 0.3 is 0 Å². The molecule has 1 unspecified atom stereocenters. The molecule has 0 radical (unpaired) electrons. The molecule has 0 saturated carbocycles. The van der Waals surface area contributed by atoms with E-state index >= 15 is 0 Å². The van der Waals surface area contributed by atoms with Crippen LogP contribution in [0.15, 0.2) is 182 Å². The Morgan fingerprint density at radius 3 is 1.64 bits per heavy atom. The molecule has 2 heterocycles. The number of hydrogen-bond acceptors (Lipinski definition) is 4. The minimum Gasteiger partial charge on any atom is -0.363 e. The molecule has 1 aliphatic heterocycles. The quantitative estimate of drug-likeness (QED) is 0.163. The van der Waals surface area contributed by atoms with Crippen LogP contribution in [0.4, 0.5) is 17.1 Å². The van der Waals surface area contributed by atoms with Gasteiger partial charge in [-0.3, -0.25) is 0 Å². The molecule has 1 atom stereocenters. The van der Waals surface area contributed by atoms with E-state index in [2.05, 4.69) is 210 Å². The lowest BCUT2D eigenvalue weighted by Gasteiger charge is -2.24. The Morgan fingerprint density at radius 1 is 0.472 bits per heavy atom. The van der Waals surface area contributed by atoms with E-state index < -0.39 is 0 Å². The lowest BCUT2D eigenvalue weighted by atomic mass is 9.90. The second kappa shape index (κ2) is 14.2. The Morgan fingerprint density at radius 2 is 0.981 bits per heavy atom. The van der Waals surface area contributed by atoms with E-state index in [1.54, 1.807) is 0 Å². The van der Waals surface area contributed by atoms with Crippen molar-refractivity contribution in [2.45, 2.75) is 13.1 Å². The van der Waals surface area contributed by atoms with E-state index in [4.69, 9.17) is 9.97 Å². The Balaban J connectivity index is 1.10. The highest BCUT2D eigenvalue weighted by Crippen LogP contribution is 2.42. The molecule has 0 spiro atoms. The first-order valence-electron chi connectivity index (χ1n) is 17.9. The zero-order chi connectivity index (χ0) is 35.7. The first-order chi connectivity index (χ1) is 26.1. The van der Waals surface area contributed by atoms with Crippen molar-refractivity contribution < 1.29 is 0 Å². The Bertz CT molecular complexity index is 2510. The molecular formula is C48H35IN4. The highest BCUT2D eigenvalue weighted by Gasteiger charge is 2.26. The summed E-state index contributed by atoms with van der Waals surface area (Å²) in [5.74, 6) is 0.703. The van der Waals surface area contributed by atoms with Crippen molar-refractivity contribution >= 4 is 39.7 Å². The van der Waals surface area contributed by atoms with Crippen LogP contribution in [0, 0.1) is 3.57 Å². The van der Waals surface area contributed by atoms with Gasteiger partial charge in [-0.25, -0.2) is 9.97 Å². The summed E-state index contributed by atoms with van der Waals surface area (Å²) in [6, 6.07) is 64.2. The maximum Gasteiger partial charge on any atom is 0.161 e. The summed E-state index contributed by atoms with van der Waals surface area (Å²) in [5, 5.41) is 3.60. The van der Waals surface area contributed by atoms with Gasteiger partial charge in [0.15, 0.2) is 5.82 Å². The Labute approximate surface area is 324 Å². The highest BCUT2D eigenvalue weighted by atomic mass is 127. The van der Waals surface area contributed by atoms with Crippen LogP contribution in [0.2, 0.25) is 0 Å². The average molecular weight is 795 g/mol. The molecule has 53 heavy (non-hydrogen) atoms. The summed E-state index contributed by atoms with van der Waals surface area (Å²) in [6.45, 7) is 2.20. The summed E-state index contributed by atoms with van der Waals surface area (Å²) >= 11 is 2.41. The molecular weight excluding hydrogens is 759 g/mol. The Hall–Kier alpha value is -6.05. The molecule has 4 nitrogen and oxygen atoms in total. The summed E-state index contributed by atoms with van der Waals surface area (Å²) in [5.41, 5.74) is 15.4. The summed E-state index contributed by atoms with van der Waals surface area (Å²) in [4.78, 5) is 12.9. The third kappa shape index (κ3) is 6.27. The molecule has 0 saturated heterocycles. The highest BCUT2D eigenvalue weighted by molar-refractivity contribution is 14.1. The normalized spacial score (nSPS) is 13.4. The van der Waals surface area contributed by atoms with Crippen LogP contribution in [0.1, 0.15) is 6.92 Å². The lowest BCUT2D eigenvalue weighted by Crippen LogP contribution is -2.28. The van der Waals surface area contributed by atoms with Crippen LogP contribution in [-0.4, -0.2) is 16.1 Å². The number of halogens is 1. The van der Waals surface area contributed by atoms with Crippen molar-refractivity contribution in [1.82, 2.24) is 9.97 Å². The van der Waals surface area contributed by atoms with Gasteiger partial charge in [0.05, 0.1) is 26.3 Å². The van der Waals surface area contributed by atoms with Crippen LogP contribution in [0.3, 0.4) is 0 Å². The molecule has 0 bridgehead atoms. The molecule has 8 aromatic rings. The van der Waals surface area contributed by atoms with Gasteiger partial charge in [-0.1, -0.05) is 158 Å². The van der Waals surface area contributed by atoms with Gasteiger partial charge in [0.2, 0.25) is 0 Å². The molecule has 0 amide bonds. The zero-order valence-corrected chi connectivity index (χ0v) is 31.3. The third-order valence-corrected chi connectivity index (χ3v) is 10.9. The van der Waals surface area contributed by atoms with E-state index in [0.29, 0.717) is 5.82 Å². The van der Waals surface area contributed by atoms with Crippen LogP contribution in [0.25, 0.3) is 67.3 Å². The monoisotopic (exact) mass is 794 g/mol.